The molecule has 1 unspecified atom stereocenters. The van der Waals surface area contributed by atoms with Crippen LogP contribution in [0.1, 0.15) is 38.2 Å². The molecule has 0 aliphatic carbocycles. The lowest BCUT2D eigenvalue weighted by molar-refractivity contribution is 0.207. The maximum absolute atomic E-state index is 8.98. The normalized spacial score (nSPS) is 19.8. The zero-order valence-corrected chi connectivity index (χ0v) is 11.8. The second-order valence-electron chi connectivity index (χ2n) is 5.17. The maximum atomic E-state index is 8.98. The number of hydrogen-bond acceptors (Lipinski definition) is 3. The molecule has 0 bridgehead atoms. The molecule has 1 aliphatic rings. The third kappa shape index (κ3) is 3.95. The molecule has 106 valence electrons. The van der Waals surface area contributed by atoms with E-state index in [4.69, 9.17) is 9.84 Å². The standard InChI is InChI=1S/C16H25NO2/c1-2-19-16-10-4-3-7-14(16)13-17-11-5-8-15(17)9-6-12-18/h3-4,7,10,15,18H,2,5-6,8-9,11-13H2,1H3. The quantitative estimate of drug-likeness (QED) is 0.821. The van der Waals surface area contributed by atoms with Gasteiger partial charge in [-0.1, -0.05) is 18.2 Å². The molecule has 1 heterocycles. The van der Waals surface area contributed by atoms with Crippen molar-refractivity contribution in [3.63, 3.8) is 0 Å². The van der Waals surface area contributed by atoms with Crippen LogP contribution in [0.25, 0.3) is 0 Å². The van der Waals surface area contributed by atoms with Crippen LogP contribution in [0.15, 0.2) is 24.3 Å². The van der Waals surface area contributed by atoms with Crippen LogP contribution in [-0.2, 0) is 6.54 Å². The molecule has 0 amide bonds. The van der Waals surface area contributed by atoms with Gasteiger partial charge in [-0.25, -0.2) is 0 Å². The van der Waals surface area contributed by atoms with E-state index in [1.54, 1.807) is 0 Å². The van der Waals surface area contributed by atoms with Gasteiger partial charge in [-0.05, 0) is 45.2 Å². The summed E-state index contributed by atoms with van der Waals surface area (Å²) in [5, 5.41) is 8.98. The summed E-state index contributed by atoms with van der Waals surface area (Å²) in [4.78, 5) is 2.54. The van der Waals surface area contributed by atoms with Crippen LogP contribution in [-0.4, -0.2) is 35.8 Å². The van der Waals surface area contributed by atoms with Crippen LogP contribution >= 0.6 is 0 Å². The van der Waals surface area contributed by atoms with Gasteiger partial charge in [0.25, 0.3) is 0 Å². The molecule has 0 spiro atoms. The van der Waals surface area contributed by atoms with E-state index in [1.165, 1.54) is 18.4 Å². The van der Waals surface area contributed by atoms with E-state index in [0.29, 0.717) is 19.3 Å². The van der Waals surface area contributed by atoms with Crippen molar-refractivity contribution in [1.29, 1.82) is 0 Å². The predicted octanol–water partition coefficient (Wildman–Crippen LogP) is 2.82. The van der Waals surface area contributed by atoms with Crippen molar-refractivity contribution >= 4 is 0 Å². The highest BCUT2D eigenvalue weighted by molar-refractivity contribution is 5.33. The van der Waals surface area contributed by atoms with Gasteiger partial charge in [0.15, 0.2) is 0 Å². The average Bonchev–Trinajstić information content (AvgIpc) is 2.86. The van der Waals surface area contributed by atoms with E-state index in [2.05, 4.69) is 23.1 Å². The number of hydrogen-bond donors (Lipinski definition) is 1. The first kappa shape index (κ1) is 14.4. The molecule has 3 nitrogen and oxygen atoms in total. The Bertz CT molecular complexity index is 381. The van der Waals surface area contributed by atoms with Gasteiger partial charge in [0.05, 0.1) is 6.61 Å². The van der Waals surface area contributed by atoms with Crippen molar-refractivity contribution in [3.05, 3.63) is 29.8 Å². The van der Waals surface area contributed by atoms with Crippen LogP contribution in [0.5, 0.6) is 5.75 Å². The number of para-hydroxylation sites is 1. The Hall–Kier alpha value is -1.06. The fourth-order valence-electron chi connectivity index (χ4n) is 2.91. The minimum atomic E-state index is 0.305. The minimum absolute atomic E-state index is 0.305. The monoisotopic (exact) mass is 263 g/mol. The maximum Gasteiger partial charge on any atom is 0.123 e. The van der Waals surface area contributed by atoms with Gasteiger partial charge in [0.1, 0.15) is 5.75 Å². The first-order valence-electron chi connectivity index (χ1n) is 7.40. The van der Waals surface area contributed by atoms with E-state index in [1.807, 2.05) is 13.0 Å². The lowest BCUT2D eigenvalue weighted by Gasteiger charge is -2.25. The minimum Gasteiger partial charge on any atom is -0.494 e. The van der Waals surface area contributed by atoms with Gasteiger partial charge in [-0.2, -0.15) is 0 Å². The Morgan fingerprint density at radius 2 is 2.21 bits per heavy atom. The molecule has 1 aromatic carbocycles. The number of aliphatic hydroxyl groups excluding tert-OH is 1. The molecule has 19 heavy (non-hydrogen) atoms. The van der Waals surface area contributed by atoms with Crippen molar-refractivity contribution in [3.8, 4) is 5.75 Å². The smallest absolute Gasteiger partial charge is 0.123 e. The molecule has 1 saturated heterocycles. The Balaban J connectivity index is 1.99. The average molecular weight is 263 g/mol. The van der Waals surface area contributed by atoms with Crippen molar-refractivity contribution < 1.29 is 9.84 Å². The summed E-state index contributed by atoms with van der Waals surface area (Å²) in [7, 11) is 0. The van der Waals surface area contributed by atoms with Crippen LogP contribution in [0.2, 0.25) is 0 Å². The summed E-state index contributed by atoms with van der Waals surface area (Å²) in [5.41, 5.74) is 1.28. The zero-order valence-electron chi connectivity index (χ0n) is 11.8. The molecule has 0 aromatic heterocycles. The summed E-state index contributed by atoms with van der Waals surface area (Å²) in [6.45, 7) is 5.17. The van der Waals surface area contributed by atoms with Gasteiger partial charge < -0.3 is 9.84 Å². The van der Waals surface area contributed by atoms with Gasteiger partial charge in [-0.15, -0.1) is 0 Å². The van der Waals surface area contributed by atoms with E-state index < -0.39 is 0 Å². The SMILES string of the molecule is CCOc1ccccc1CN1CCCC1CCCO. The molecule has 1 fully saturated rings. The Kier molecular flexibility index (Phi) is 5.67. The molecular weight excluding hydrogens is 238 g/mol. The van der Waals surface area contributed by atoms with Gasteiger partial charge in [0, 0.05) is 24.8 Å². The van der Waals surface area contributed by atoms with Gasteiger partial charge >= 0.3 is 0 Å². The lowest BCUT2D eigenvalue weighted by Crippen LogP contribution is -2.29. The highest BCUT2D eigenvalue weighted by Gasteiger charge is 2.24. The Morgan fingerprint density at radius 3 is 3.00 bits per heavy atom. The number of rotatable bonds is 7. The molecule has 0 saturated carbocycles. The second kappa shape index (κ2) is 7.51. The summed E-state index contributed by atoms with van der Waals surface area (Å²) in [5.74, 6) is 1.01. The fraction of sp³-hybridized carbons (Fsp3) is 0.625. The van der Waals surface area contributed by atoms with Gasteiger partial charge in [0.2, 0.25) is 0 Å². The van der Waals surface area contributed by atoms with Crippen molar-refractivity contribution in [2.45, 2.75) is 45.2 Å². The predicted molar refractivity (Wildman–Crippen MR) is 77.4 cm³/mol. The van der Waals surface area contributed by atoms with E-state index in [0.717, 1.165) is 31.7 Å². The number of benzene rings is 1. The van der Waals surface area contributed by atoms with Crippen molar-refractivity contribution in [2.75, 3.05) is 19.8 Å². The Labute approximate surface area is 116 Å². The lowest BCUT2D eigenvalue weighted by atomic mass is 10.1. The third-order valence-electron chi connectivity index (χ3n) is 3.84. The summed E-state index contributed by atoms with van der Waals surface area (Å²) < 4.78 is 5.70. The fourth-order valence-corrected chi connectivity index (χ4v) is 2.91. The highest BCUT2D eigenvalue weighted by Crippen LogP contribution is 2.27. The molecule has 2 rings (SSSR count). The molecule has 0 radical (unpaired) electrons. The van der Waals surface area contributed by atoms with Crippen LogP contribution < -0.4 is 4.74 Å². The second-order valence-corrected chi connectivity index (χ2v) is 5.17. The molecular formula is C16H25NO2. The molecule has 3 heteroatoms. The number of aliphatic hydroxyl groups is 1. The molecule has 1 aromatic rings. The summed E-state index contributed by atoms with van der Waals surface area (Å²) in [6.07, 6.45) is 4.55. The van der Waals surface area contributed by atoms with Crippen LogP contribution in [0.4, 0.5) is 0 Å². The topological polar surface area (TPSA) is 32.7 Å². The van der Waals surface area contributed by atoms with Crippen LogP contribution in [0.3, 0.4) is 0 Å². The molecule has 1 N–H and O–H groups in total. The van der Waals surface area contributed by atoms with Crippen LogP contribution in [0, 0.1) is 0 Å². The van der Waals surface area contributed by atoms with E-state index >= 15 is 0 Å². The first-order chi connectivity index (χ1) is 9.35. The summed E-state index contributed by atoms with van der Waals surface area (Å²) in [6, 6.07) is 8.95. The first-order valence-corrected chi connectivity index (χ1v) is 7.40. The highest BCUT2D eigenvalue weighted by atomic mass is 16.5. The summed E-state index contributed by atoms with van der Waals surface area (Å²) >= 11 is 0. The number of likely N-dealkylation sites (tertiary alicyclic amines) is 1. The molecule has 1 atom stereocenters. The van der Waals surface area contributed by atoms with E-state index in [-0.39, 0.29) is 0 Å². The zero-order chi connectivity index (χ0) is 13.5. The van der Waals surface area contributed by atoms with E-state index in [9.17, 15) is 0 Å². The van der Waals surface area contributed by atoms with Crippen molar-refractivity contribution in [1.82, 2.24) is 4.90 Å². The third-order valence-corrected chi connectivity index (χ3v) is 3.84. The number of ether oxygens (including phenoxy) is 1. The Morgan fingerprint density at radius 1 is 1.37 bits per heavy atom. The van der Waals surface area contributed by atoms with Gasteiger partial charge in [-0.3, -0.25) is 4.90 Å². The van der Waals surface area contributed by atoms with Crippen molar-refractivity contribution in [2.24, 2.45) is 0 Å². The largest absolute Gasteiger partial charge is 0.494 e. The number of nitrogens with zero attached hydrogens (tertiary/aromatic N) is 1. The molecule has 1 aliphatic heterocycles.